The monoisotopic (exact) mass is 206 g/mol. The topological polar surface area (TPSA) is 63.7 Å². The lowest BCUT2D eigenvalue weighted by molar-refractivity contribution is 0.234. The predicted octanol–water partition coefficient (Wildman–Crippen LogP) is 1.70. The minimum Gasteiger partial charge on any atom is -0.473 e. The minimum atomic E-state index is 0.0936. The maximum absolute atomic E-state index is 5.61. The summed E-state index contributed by atoms with van der Waals surface area (Å²) in [6.45, 7) is 5.94. The van der Waals surface area contributed by atoms with Gasteiger partial charge in [-0.1, -0.05) is 6.92 Å². The molecule has 2 heterocycles. The number of aryl methyl sites for hydroxylation is 1. The summed E-state index contributed by atoms with van der Waals surface area (Å²) in [6, 6.07) is 0. The molecule has 0 radical (unpaired) electrons. The molecular weight excluding hydrogens is 192 g/mol. The summed E-state index contributed by atoms with van der Waals surface area (Å²) >= 11 is 0. The van der Waals surface area contributed by atoms with E-state index in [1.54, 1.807) is 6.33 Å². The number of hydrogen-bond donors (Lipinski definition) is 1. The third-order valence-electron chi connectivity index (χ3n) is 1.96. The molecule has 0 unspecified atom stereocenters. The van der Waals surface area contributed by atoms with Gasteiger partial charge in [-0.15, -0.1) is 0 Å². The average molecular weight is 206 g/mol. The second kappa shape index (κ2) is 3.84. The Bertz CT molecular complexity index is 463. The predicted molar refractivity (Wildman–Crippen MR) is 56.8 cm³/mol. The van der Waals surface area contributed by atoms with Crippen LogP contribution in [-0.2, 0) is 6.42 Å². The highest BCUT2D eigenvalue weighted by atomic mass is 16.5. The summed E-state index contributed by atoms with van der Waals surface area (Å²) < 4.78 is 5.61. The van der Waals surface area contributed by atoms with Gasteiger partial charge in [-0.25, -0.2) is 9.97 Å². The lowest BCUT2D eigenvalue weighted by Crippen LogP contribution is -2.09. The van der Waals surface area contributed by atoms with Crippen molar-refractivity contribution in [3.05, 3.63) is 12.2 Å². The van der Waals surface area contributed by atoms with E-state index in [4.69, 9.17) is 4.74 Å². The van der Waals surface area contributed by atoms with Crippen LogP contribution in [0.15, 0.2) is 6.33 Å². The zero-order valence-corrected chi connectivity index (χ0v) is 9.11. The van der Waals surface area contributed by atoms with Crippen molar-refractivity contribution in [2.24, 2.45) is 0 Å². The number of imidazole rings is 1. The zero-order valence-electron chi connectivity index (χ0n) is 9.11. The fourth-order valence-electron chi connectivity index (χ4n) is 1.32. The van der Waals surface area contributed by atoms with Crippen LogP contribution in [0.3, 0.4) is 0 Å². The normalized spacial score (nSPS) is 11.2. The van der Waals surface area contributed by atoms with Crippen LogP contribution in [0, 0.1) is 0 Å². The minimum absolute atomic E-state index is 0.0936. The molecular formula is C10H14N4O. The Balaban J connectivity index is 2.53. The Morgan fingerprint density at radius 3 is 2.87 bits per heavy atom. The van der Waals surface area contributed by atoms with Gasteiger partial charge in [0.1, 0.15) is 11.3 Å². The molecule has 0 saturated heterocycles. The van der Waals surface area contributed by atoms with Gasteiger partial charge in [0.05, 0.1) is 12.4 Å². The van der Waals surface area contributed by atoms with E-state index in [2.05, 4.69) is 19.9 Å². The van der Waals surface area contributed by atoms with Gasteiger partial charge in [0.15, 0.2) is 5.65 Å². The van der Waals surface area contributed by atoms with Crippen molar-refractivity contribution in [1.29, 1.82) is 0 Å². The fraction of sp³-hybridized carbons (Fsp3) is 0.500. The summed E-state index contributed by atoms with van der Waals surface area (Å²) in [4.78, 5) is 15.7. The van der Waals surface area contributed by atoms with Gasteiger partial charge in [-0.05, 0) is 13.8 Å². The van der Waals surface area contributed by atoms with Crippen molar-refractivity contribution in [2.45, 2.75) is 33.3 Å². The van der Waals surface area contributed by atoms with Crippen LogP contribution in [0.2, 0.25) is 0 Å². The number of nitrogens with one attached hydrogen (secondary N) is 1. The highest BCUT2D eigenvalue weighted by Gasteiger charge is 2.11. The molecule has 0 aliphatic heterocycles. The van der Waals surface area contributed by atoms with E-state index in [9.17, 15) is 0 Å². The van der Waals surface area contributed by atoms with Crippen molar-refractivity contribution >= 4 is 11.2 Å². The van der Waals surface area contributed by atoms with Gasteiger partial charge in [0.25, 0.3) is 0 Å². The molecule has 0 fully saturated rings. The zero-order chi connectivity index (χ0) is 10.8. The largest absolute Gasteiger partial charge is 0.473 e. The van der Waals surface area contributed by atoms with Crippen molar-refractivity contribution < 1.29 is 4.74 Å². The summed E-state index contributed by atoms with van der Waals surface area (Å²) in [6.07, 6.45) is 2.47. The molecule has 0 bridgehead atoms. The first-order valence-corrected chi connectivity index (χ1v) is 5.07. The molecule has 2 aromatic heterocycles. The van der Waals surface area contributed by atoms with Crippen molar-refractivity contribution in [3.63, 3.8) is 0 Å². The molecule has 0 aliphatic rings. The summed E-state index contributed by atoms with van der Waals surface area (Å²) in [7, 11) is 0. The third kappa shape index (κ3) is 1.91. The molecule has 5 nitrogen and oxygen atoms in total. The molecule has 80 valence electrons. The lowest BCUT2D eigenvalue weighted by Gasteiger charge is -2.09. The molecule has 0 aromatic carbocycles. The number of nitrogens with zero attached hydrogens (tertiary/aromatic N) is 3. The molecule has 0 spiro atoms. The summed E-state index contributed by atoms with van der Waals surface area (Å²) in [5.41, 5.74) is 1.43. The first-order valence-electron chi connectivity index (χ1n) is 5.07. The van der Waals surface area contributed by atoms with E-state index in [1.165, 1.54) is 0 Å². The van der Waals surface area contributed by atoms with Crippen molar-refractivity contribution in [3.8, 4) is 5.88 Å². The Labute approximate surface area is 87.9 Å². The number of fused-ring (bicyclic) bond motifs is 1. The standard InChI is InChI=1S/C10H14N4O/c1-4-7-13-9-8(11-5-12-9)10(14-7)15-6(2)3/h5-6H,4H2,1-3H3,(H,11,12,13,14). The first kappa shape index (κ1) is 9.89. The second-order valence-electron chi connectivity index (χ2n) is 3.57. The Morgan fingerprint density at radius 1 is 1.40 bits per heavy atom. The van der Waals surface area contributed by atoms with Crippen molar-refractivity contribution in [2.75, 3.05) is 0 Å². The van der Waals surface area contributed by atoms with Crippen LogP contribution < -0.4 is 4.74 Å². The molecule has 0 saturated carbocycles. The molecule has 0 atom stereocenters. The van der Waals surface area contributed by atoms with Crippen molar-refractivity contribution in [1.82, 2.24) is 19.9 Å². The van der Waals surface area contributed by atoms with E-state index >= 15 is 0 Å². The van der Waals surface area contributed by atoms with Gasteiger partial charge < -0.3 is 9.72 Å². The second-order valence-corrected chi connectivity index (χ2v) is 3.57. The molecule has 15 heavy (non-hydrogen) atoms. The van der Waals surface area contributed by atoms with E-state index < -0.39 is 0 Å². The maximum Gasteiger partial charge on any atom is 0.243 e. The number of aromatic amines is 1. The van der Waals surface area contributed by atoms with Gasteiger partial charge in [0.2, 0.25) is 5.88 Å². The number of aromatic nitrogens is 4. The highest BCUT2D eigenvalue weighted by Crippen LogP contribution is 2.19. The fourth-order valence-corrected chi connectivity index (χ4v) is 1.32. The SMILES string of the molecule is CCc1nc(OC(C)C)c2[nH]cnc2n1. The van der Waals surface area contributed by atoms with Crippen LogP contribution in [0.5, 0.6) is 5.88 Å². The lowest BCUT2D eigenvalue weighted by atomic mass is 10.4. The summed E-state index contributed by atoms with van der Waals surface area (Å²) in [5.74, 6) is 1.34. The molecule has 0 amide bonds. The Morgan fingerprint density at radius 2 is 2.20 bits per heavy atom. The Hall–Kier alpha value is -1.65. The van der Waals surface area contributed by atoms with Crippen LogP contribution in [0.25, 0.3) is 11.2 Å². The third-order valence-corrected chi connectivity index (χ3v) is 1.96. The Kier molecular flexibility index (Phi) is 2.53. The average Bonchev–Trinajstić information content (AvgIpc) is 2.64. The van der Waals surface area contributed by atoms with E-state index in [0.717, 1.165) is 17.8 Å². The van der Waals surface area contributed by atoms with Crippen LogP contribution in [0.1, 0.15) is 26.6 Å². The molecule has 2 rings (SSSR count). The van der Waals surface area contributed by atoms with E-state index in [-0.39, 0.29) is 6.10 Å². The molecule has 1 N–H and O–H groups in total. The van der Waals surface area contributed by atoms with Gasteiger partial charge in [-0.3, -0.25) is 0 Å². The number of rotatable bonds is 3. The van der Waals surface area contributed by atoms with E-state index in [1.807, 2.05) is 20.8 Å². The number of ether oxygens (including phenoxy) is 1. The number of hydrogen-bond acceptors (Lipinski definition) is 4. The molecule has 5 heteroatoms. The molecule has 2 aromatic rings. The van der Waals surface area contributed by atoms with Gasteiger partial charge >= 0.3 is 0 Å². The molecule has 0 aliphatic carbocycles. The van der Waals surface area contributed by atoms with Gasteiger partial charge in [0, 0.05) is 6.42 Å². The maximum atomic E-state index is 5.61. The first-order chi connectivity index (χ1) is 7.20. The smallest absolute Gasteiger partial charge is 0.243 e. The quantitative estimate of drug-likeness (QED) is 0.830. The van der Waals surface area contributed by atoms with Crippen LogP contribution >= 0.6 is 0 Å². The van der Waals surface area contributed by atoms with Gasteiger partial charge in [-0.2, -0.15) is 4.98 Å². The van der Waals surface area contributed by atoms with Crippen LogP contribution in [-0.4, -0.2) is 26.0 Å². The number of H-pyrrole nitrogens is 1. The van der Waals surface area contributed by atoms with Crippen LogP contribution in [0.4, 0.5) is 0 Å². The summed E-state index contributed by atoms with van der Waals surface area (Å²) in [5, 5.41) is 0. The van der Waals surface area contributed by atoms with E-state index in [0.29, 0.717) is 11.5 Å². The highest BCUT2D eigenvalue weighted by molar-refractivity contribution is 5.75.